The highest BCUT2D eigenvalue weighted by Gasteiger charge is 2.33. The zero-order valence-electron chi connectivity index (χ0n) is 8.03. The molecule has 1 saturated heterocycles. The normalized spacial score (nSPS) is 20.7. The van der Waals surface area contributed by atoms with Gasteiger partial charge in [-0.25, -0.2) is 0 Å². The third kappa shape index (κ3) is 1.85. The first-order chi connectivity index (χ1) is 7.11. The predicted molar refractivity (Wildman–Crippen MR) is 71.8 cm³/mol. The number of para-hydroxylation sites is 1. The number of carbonyl (C=O) groups excluding carboxylic acids is 1. The Bertz CT molecular complexity index is 435. The maximum atomic E-state index is 11.8. The first-order valence-electron chi connectivity index (χ1n) is 4.50. The monoisotopic (exact) mass is 332 g/mol. The molecule has 0 saturated carbocycles. The maximum Gasteiger partial charge on any atom is 0.255 e. The average Bonchev–Trinajstić information content (AvgIpc) is 2.43. The average molecular weight is 332 g/mol. The van der Waals surface area contributed by atoms with Gasteiger partial charge in [-0.05, 0) is 53.9 Å². The van der Waals surface area contributed by atoms with Gasteiger partial charge in [0.1, 0.15) is 6.04 Å². The fourth-order valence-electron chi connectivity index (χ4n) is 1.47. The molecule has 15 heavy (non-hydrogen) atoms. The van der Waals surface area contributed by atoms with Crippen molar-refractivity contribution < 1.29 is 4.79 Å². The standard InChI is InChI=1S/C10H9IN2OS/c1-6-9(14)13(10(15)12-6)8-5-3-2-4-7(8)11/h2-6H,1H3,(H,12,15)/t6-/m0/s1. The van der Waals surface area contributed by atoms with Crippen molar-refractivity contribution in [3.8, 4) is 0 Å². The second-order valence-electron chi connectivity index (χ2n) is 3.30. The molecule has 2 rings (SSSR count). The van der Waals surface area contributed by atoms with Gasteiger partial charge in [0, 0.05) is 3.57 Å². The van der Waals surface area contributed by atoms with Crippen LogP contribution in [0.15, 0.2) is 24.3 Å². The van der Waals surface area contributed by atoms with E-state index in [-0.39, 0.29) is 11.9 Å². The molecule has 0 spiro atoms. The van der Waals surface area contributed by atoms with Crippen LogP contribution in [0.2, 0.25) is 0 Å². The van der Waals surface area contributed by atoms with Crippen molar-refractivity contribution in [1.29, 1.82) is 0 Å². The van der Waals surface area contributed by atoms with Gasteiger partial charge in [-0.15, -0.1) is 0 Å². The SMILES string of the molecule is C[C@@H]1NC(=S)N(c2ccccc2I)C1=O. The molecular weight excluding hydrogens is 323 g/mol. The van der Waals surface area contributed by atoms with E-state index in [2.05, 4.69) is 27.9 Å². The molecule has 78 valence electrons. The van der Waals surface area contributed by atoms with E-state index in [0.29, 0.717) is 5.11 Å². The summed E-state index contributed by atoms with van der Waals surface area (Å²) in [4.78, 5) is 13.4. The summed E-state index contributed by atoms with van der Waals surface area (Å²) in [5, 5.41) is 3.43. The van der Waals surface area contributed by atoms with Crippen molar-refractivity contribution in [3.63, 3.8) is 0 Å². The lowest BCUT2D eigenvalue weighted by Crippen LogP contribution is -2.31. The summed E-state index contributed by atoms with van der Waals surface area (Å²) in [6.07, 6.45) is 0. The Balaban J connectivity index is 2.44. The third-order valence-corrected chi connectivity index (χ3v) is 3.44. The van der Waals surface area contributed by atoms with Crippen molar-refractivity contribution >= 4 is 51.5 Å². The highest BCUT2D eigenvalue weighted by atomic mass is 127. The van der Waals surface area contributed by atoms with Crippen molar-refractivity contribution in [2.75, 3.05) is 4.90 Å². The van der Waals surface area contributed by atoms with Crippen LogP contribution in [0.4, 0.5) is 5.69 Å². The molecule has 0 unspecified atom stereocenters. The Morgan fingerprint density at radius 2 is 2.13 bits per heavy atom. The van der Waals surface area contributed by atoms with Gasteiger partial charge < -0.3 is 5.32 Å². The molecule has 5 heteroatoms. The largest absolute Gasteiger partial charge is 0.350 e. The van der Waals surface area contributed by atoms with E-state index in [1.807, 2.05) is 31.2 Å². The predicted octanol–water partition coefficient (Wildman–Crippen LogP) is 1.90. The minimum absolute atomic E-state index is 0.00381. The molecule has 1 aliphatic heterocycles. The lowest BCUT2D eigenvalue weighted by molar-refractivity contribution is -0.117. The van der Waals surface area contributed by atoms with Crippen LogP contribution in [0.25, 0.3) is 0 Å². The second-order valence-corrected chi connectivity index (χ2v) is 4.85. The molecule has 0 radical (unpaired) electrons. The summed E-state index contributed by atoms with van der Waals surface area (Å²) < 4.78 is 1.02. The first-order valence-corrected chi connectivity index (χ1v) is 5.99. The van der Waals surface area contributed by atoms with E-state index >= 15 is 0 Å². The summed E-state index contributed by atoms with van der Waals surface area (Å²) in [6.45, 7) is 1.81. The third-order valence-electron chi connectivity index (χ3n) is 2.23. The Hall–Kier alpha value is -0.690. The highest BCUT2D eigenvalue weighted by Crippen LogP contribution is 2.25. The van der Waals surface area contributed by atoms with E-state index in [1.165, 1.54) is 0 Å². The molecule has 1 fully saturated rings. The Labute approximate surface area is 107 Å². The number of halogens is 1. The minimum Gasteiger partial charge on any atom is -0.350 e. The minimum atomic E-state index is -0.228. The topological polar surface area (TPSA) is 32.3 Å². The number of rotatable bonds is 1. The van der Waals surface area contributed by atoms with Crippen LogP contribution in [0.1, 0.15) is 6.92 Å². The van der Waals surface area contributed by atoms with Crippen LogP contribution >= 0.6 is 34.8 Å². The number of anilines is 1. The summed E-state index contributed by atoms with van der Waals surface area (Å²) in [6, 6.07) is 7.45. The van der Waals surface area contributed by atoms with Gasteiger partial charge in [-0.3, -0.25) is 9.69 Å². The van der Waals surface area contributed by atoms with Crippen LogP contribution in [-0.4, -0.2) is 17.1 Å². The van der Waals surface area contributed by atoms with E-state index in [1.54, 1.807) is 4.90 Å². The molecule has 0 aliphatic carbocycles. The van der Waals surface area contributed by atoms with Gasteiger partial charge in [0.15, 0.2) is 5.11 Å². The van der Waals surface area contributed by atoms with E-state index in [4.69, 9.17) is 12.2 Å². The lowest BCUT2D eigenvalue weighted by Gasteiger charge is -2.16. The molecule has 1 aliphatic rings. The van der Waals surface area contributed by atoms with Gasteiger partial charge in [0.25, 0.3) is 5.91 Å². The number of nitrogens with zero attached hydrogens (tertiary/aromatic N) is 1. The number of benzene rings is 1. The molecule has 0 bridgehead atoms. The molecule has 0 aromatic heterocycles. The van der Waals surface area contributed by atoms with Gasteiger partial charge in [-0.2, -0.15) is 0 Å². The molecular formula is C10H9IN2OS. The number of hydrogen-bond donors (Lipinski definition) is 1. The van der Waals surface area contributed by atoms with Crippen LogP contribution in [0.3, 0.4) is 0 Å². The Morgan fingerprint density at radius 3 is 2.67 bits per heavy atom. The number of nitrogens with one attached hydrogen (secondary N) is 1. The molecule has 1 N–H and O–H groups in total. The number of carbonyl (C=O) groups is 1. The summed E-state index contributed by atoms with van der Waals surface area (Å²) in [5.41, 5.74) is 0.852. The van der Waals surface area contributed by atoms with Crippen molar-refractivity contribution in [2.24, 2.45) is 0 Å². The number of hydrogen-bond acceptors (Lipinski definition) is 2. The van der Waals surface area contributed by atoms with Crippen LogP contribution < -0.4 is 10.2 Å². The first kappa shape index (κ1) is 10.8. The van der Waals surface area contributed by atoms with E-state index in [0.717, 1.165) is 9.26 Å². The zero-order valence-corrected chi connectivity index (χ0v) is 11.0. The molecule has 3 nitrogen and oxygen atoms in total. The maximum absolute atomic E-state index is 11.8. The highest BCUT2D eigenvalue weighted by molar-refractivity contribution is 14.1. The summed E-state index contributed by atoms with van der Waals surface area (Å²) in [5.74, 6) is 0.00381. The Morgan fingerprint density at radius 1 is 1.47 bits per heavy atom. The molecule has 1 atom stereocenters. The zero-order chi connectivity index (χ0) is 11.0. The smallest absolute Gasteiger partial charge is 0.255 e. The molecule has 1 aromatic carbocycles. The van der Waals surface area contributed by atoms with Crippen LogP contribution in [0, 0.1) is 3.57 Å². The van der Waals surface area contributed by atoms with Crippen molar-refractivity contribution in [1.82, 2.24) is 5.32 Å². The van der Waals surface area contributed by atoms with E-state index < -0.39 is 0 Å². The quantitative estimate of drug-likeness (QED) is 0.630. The van der Waals surface area contributed by atoms with Gasteiger partial charge in [-0.1, -0.05) is 12.1 Å². The summed E-state index contributed by atoms with van der Waals surface area (Å²) in [7, 11) is 0. The van der Waals surface area contributed by atoms with Crippen LogP contribution in [-0.2, 0) is 4.79 Å². The van der Waals surface area contributed by atoms with Crippen molar-refractivity contribution in [3.05, 3.63) is 27.8 Å². The molecule has 1 aromatic rings. The molecule has 1 heterocycles. The fraction of sp³-hybridized carbons (Fsp3) is 0.200. The van der Waals surface area contributed by atoms with Gasteiger partial charge in [0.2, 0.25) is 0 Å². The number of amides is 1. The Kier molecular flexibility index (Phi) is 2.92. The second kappa shape index (κ2) is 4.05. The summed E-state index contributed by atoms with van der Waals surface area (Å²) >= 11 is 7.32. The fourth-order valence-corrected chi connectivity index (χ4v) is 2.46. The van der Waals surface area contributed by atoms with Crippen LogP contribution in [0.5, 0.6) is 0 Å². The number of thiocarbonyl (C=S) groups is 1. The molecule has 1 amide bonds. The lowest BCUT2D eigenvalue weighted by atomic mass is 10.3. The van der Waals surface area contributed by atoms with Gasteiger partial charge >= 0.3 is 0 Å². The van der Waals surface area contributed by atoms with Gasteiger partial charge in [0.05, 0.1) is 5.69 Å². The van der Waals surface area contributed by atoms with E-state index in [9.17, 15) is 4.79 Å². The van der Waals surface area contributed by atoms with Crippen molar-refractivity contribution in [2.45, 2.75) is 13.0 Å².